The van der Waals surface area contributed by atoms with Crippen LogP contribution in [0, 0.1) is 11.8 Å². The first-order chi connectivity index (χ1) is 14.2. The Balaban J connectivity index is 1.25. The Morgan fingerprint density at radius 1 is 1.14 bits per heavy atom. The van der Waals surface area contributed by atoms with Crippen LogP contribution in [-0.2, 0) is 6.42 Å². The van der Waals surface area contributed by atoms with Crippen molar-refractivity contribution >= 4 is 28.8 Å². The Labute approximate surface area is 178 Å². The molecular weight excluding hydrogens is 372 g/mol. The van der Waals surface area contributed by atoms with Crippen LogP contribution >= 0.6 is 11.3 Å². The molecule has 2 aromatic rings. The third-order valence-electron chi connectivity index (χ3n) is 6.87. The van der Waals surface area contributed by atoms with E-state index in [0.29, 0.717) is 5.92 Å². The van der Waals surface area contributed by atoms with Gasteiger partial charge in [0.05, 0.1) is 5.70 Å². The van der Waals surface area contributed by atoms with Crippen LogP contribution in [0.4, 0.5) is 5.69 Å². The number of thiophene rings is 1. The smallest absolute Gasteiger partial charge is 0.0605 e. The van der Waals surface area contributed by atoms with E-state index in [1.54, 1.807) is 11.3 Å². The number of likely N-dealkylation sites (tertiary alicyclic amines) is 1. The average Bonchev–Trinajstić information content (AvgIpc) is 3.53. The monoisotopic (exact) mass is 400 g/mol. The molecule has 2 saturated heterocycles. The second-order valence-corrected chi connectivity index (χ2v) is 9.38. The number of hydrogen-bond donors (Lipinski definition) is 0. The lowest BCUT2D eigenvalue weighted by atomic mass is 9.83. The van der Waals surface area contributed by atoms with Crippen LogP contribution in [0.5, 0.6) is 0 Å². The second kappa shape index (κ2) is 7.74. The number of rotatable bonds is 4. The number of allylic oxidation sites excluding steroid dienone is 2. The van der Waals surface area contributed by atoms with Crippen molar-refractivity contribution in [1.29, 1.82) is 0 Å². The number of fused-ring (bicyclic) bond motifs is 1. The zero-order valence-corrected chi connectivity index (χ0v) is 17.8. The van der Waals surface area contributed by atoms with Crippen LogP contribution in [0.25, 0.3) is 11.8 Å². The molecule has 29 heavy (non-hydrogen) atoms. The van der Waals surface area contributed by atoms with E-state index in [1.165, 1.54) is 45.9 Å². The summed E-state index contributed by atoms with van der Waals surface area (Å²) in [7, 11) is 0. The lowest BCUT2D eigenvalue weighted by molar-refractivity contribution is 0.205. The minimum Gasteiger partial charge on any atom is -0.371 e. The van der Waals surface area contributed by atoms with Gasteiger partial charge < -0.3 is 9.80 Å². The van der Waals surface area contributed by atoms with Gasteiger partial charge in [-0.15, -0.1) is 17.1 Å². The number of nitrogens with zero attached hydrogens (tertiary/aromatic N) is 2. The fraction of sp³-hybridized carbons (Fsp3) is 0.346. The topological polar surface area (TPSA) is 6.48 Å². The molecular formula is C26H28N2S. The molecule has 2 aliphatic heterocycles. The lowest BCUT2D eigenvalue weighted by Gasteiger charge is -2.36. The van der Waals surface area contributed by atoms with E-state index in [-0.39, 0.29) is 0 Å². The standard InChI is InChI=1S/C26H28N2S/c1-3-24-17-23(18-28(24)25-10-9-20-6-4-7-22(20)16-25)21-11-13-27(14-12-21)19(2)26-8-5-15-29-26/h4-6,8-10,15-16,21,23H,1-2,7,11-14,17-18H2. The van der Waals surface area contributed by atoms with Gasteiger partial charge in [0.25, 0.3) is 0 Å². The largest absolute Gasteiger partial charge is 0.371 e. The minimum atomic E-state index is 0.697. The number of benzene rings is 1. The molecule has 0 saturated carbocycles. The molecule has 0 bridgehead atoms. The van der Waals surface area contributed by atoms with Gasteiger partial charge in [-0.3, -0.25) is 0 Å². The second-order valence-electron chi connectivity index (χ2n) is 8.44. The quantitative estimate of drug-likeness (QED) is 0.564. The van der Waals surface area contributed by atoms with Gasteiger partial charge in [-0.25, -0.2) is 0 Å². The van der Waals surface area contributed by atoms with Crippen LogP contribution < -0.4 is 4.90 Å². The van der Waals surface area contributed by atoms with Gasteiger partial charge in [0.15, 0.2) is 0 Å². The normalized spacial score (nSPS) is 21.5. The molecule has 0 amide bonds. The molecule has 1 aliphatic carbocycles. The minimum absolute atomic E-state index is 0.697. The lowest BCUT2D eigenvalue weighted by Crippen LogP contribution is -2.35. The fourth-order valence-corrected chi connectivity index (χ4v) is 5.89. The van der Waals surface area contributed by atoms with Crippen molar-refractivity contribution in [3.8, 4) is 0 Å². The first-order valence-electron chi connectivity index (χ1n) is 10.7. The summed E-state index contributed by atoms with van der Waals surface area (Å²) >= 11 is 1.79. The predicted octanol–water partition coefficient (Wildman–Crippen LogP) is 6.20. The molecule has 5 rings (SSSR count). The number of hydrogen-bond acceptors (Lipinski definition) is 3. The van der Waals surface area contributed by atoms with Gasteiger partial charge in [0.2, 0.25) is 0 Å². The van der Waals surface area contributed by atoms with Crippen molar-refractivity contribution in [2.75, 3.05) is 24.5 Å². The Bertz CT molecular complexity index is 986. The first kappa shape index (κ1) is 18.5. The third kappa shape index (κ3) is 3.50. The molecule has 148 valence electrons. The summed E-state index contributed by atoms with van der Waals surface area (Å²) in [6.45, 7) is 11.7. The zero-order chi connectivity index (χ0) is 19.8. The Kier molecular flexibility index (Phi) is 4.95. The van der Waals surface area contributed by atoms with E-state index in [9.17, 15) is 0 Å². The zero-order valence-electron chi connectivity index (χ0n) is 16.9. The van der Waals surface area contributed by atoms with Crippen LogP contribution in [0.1, 0.15) is 35.3 Å². The summed E-state index contributed by atoms with van der Waals surface area (Å²) in [5, 5.41) is 2.14. The predicted molar refractivity (Wildman–Crippen MR) is 125 cm³/mol. The van der Waals surface area contributed by atoms with Crippen LogP contribution in [-0.4, -0.2) is 24.5 Å². The highest BCUT2D eigenvalue weighted by Crippen LogP contribution is 2.40. The molecule has 3 heterocycles. The highest BCUT2D eigenvalue weighted by atomic mass is 32.1. The van der Waals surface area contributed by atoms with Gasteiger partial charge >= 0.3 is 0 Å². The highest BCUT2D eigenvalue weighted by Gasteiger charge is 2.35. The van der Waals surface area contributed by atoms with E-state index < -0.39 is 0 Å². The van der Waals surface area contributed by atoms with Gasteiger partial charge in [0, 0.05) is 42.3 Å². The highest BCUT2D eigenvalue weighted by molar-refractivity contribution is 7.11. The van der Waals surface area contributed by atoms with E-state index in [2.05, 4.69) is 76.6 Å². The summed E-state index contributed by atoms with van der Waals surface area (Å²) in [4.78, 5) is 6.25. The Morgan fingerprint density at radius 2 is 2.00 bits per heavy atom. The number of piperidine rings is 1. The summed E-state index contributed by atoms with van der Waals surface area (Å²) < 4.78 is 0. The van der Waals surface area contributed by atoms with Crippen LogP contribution in [0.3, 0.4) is 0 Å². The van der Waals surface area contributed by atoms with Crippen molar-refractivity contribution in [2.24, 2.45) is 11.8 Å². The van der Waals surface area contributed by atoms with Crippen molar-refractivity contribution < 1.29 is 0 Å². The molecule has 1 aromatic carbocycles. The van der Waals surface area contributed by atoms with Gasteiger partial charge in [0.1, 0.15) is 0 Å². The van der Waals surface area contributed by atoms with E-state index in [1.807, 2.05) is 0 Å². The Morgan fingerprint density at radius 3 is 2.76 bits per heavy atom. The average molecular weight is 401 g/mol. The summed E-state index contributed by atoms with van der Waals surface area (Å²) in [5.41, 5.74) is 9.83. The van der Waals surface area contributed by atoms with E-state index >= 15 is 0 Å². The molecule has 0 spiro atoms. The van der Waals surface area contributed by atoms with Crippen molar-refractivity contribution in [3.63, 3.8) is 0 Å². The molecule has 0 N–H and O–H groups in total. The molecule has 2 nitrogen and oxygen atoms in total. The van der Waals surface area contributed by atoms with Crippen LogP contribution in [0.15, 0.2) is 66.4 Å². The van der Waals surface area contributed by atoms with Gasteiger partial charge in [-0.2, -0.15) is 0 Å². The summed E-state index contributed by atoms with van der Waals surface area (Å²) in [6.07, 6.45) is 9.15. The van der Waals surface area contributed by atoms with E-state index in [4.69, 9.17) is 0 Å². The maximum absolute atomic E-state index is 4.35. The molecule has 1 aromatic heterocycles. The molecule has 2 fully saturated rings. The van der Waals surface area contributed by atoms with Crippen molar-refractivity contribution in [1.82, 2.24) is 4.90 Å². The van der Waals surface area contributed by atoms with Crippen molar-refractivity contribution in [3.05, 3.63) is 82.4 Å². The first-order valence-corrected chi connectivity index (χ1v) is 11.5. The third-order valence-corrected chi connectivity index (χ3v) is 7.79. The maximum Gasteiger partial charge on any atom is 0.0605 e. The van der Waals surface area contributed by atoms with Crippen LogP contribution in [0.2, 0.25) is 0 Å². The summed E-state index contributed by atoms with van der Waals surface area (Å²) in [6, 6.07) is 11.2. The van der Waals surface area contributed by atoms with Crippen molar-refractivity contribution in [2.45, 2.75) is 25.7 Å². The SMILES string of the molecule is C=C=C1CC(C2CCN(C(=C)c3cccs3)CC2)CN1c1ccc2c(c1)CC=C2. The van der Waals surface area contributed by atoms with Gasteiger partial charge in [-0.05, 0) is 65.8 Å². The van der Waals surface area contributed by atoms with E-state index in [0.717, 1.165) is 38.4 Å². The summed E-state index contributed by atoms with van der Waals surface area (Å²) in [5.74, 6) is 1.47. The molecule has 0 radical (unpaired) electrons. The number of anilines is 1. The molecule has 3 heteroatoms. The maximum atomic E-state index is 4.35. The molecule has 1 atom stereocenters. The molecule has 3 aliphatic rings. The fourth-order valence-electron chi connectivity index (χ4n) is 5.16. The molecule has 1 unspecified atom stereocenters. The Hall–Kier alpha value is -2.48. The van der Waals surface area contributed by atoms with Gasteiger partial charge in [-0.1, -0.05) is 37.4 Å².